The van der Waals surface area contributed by atoms with Crippen molar-refractivity contribution in [2.24, 2.45) is 0 Å². The number of nitrogens with one attached hydrogen (secondary N) is 3. The molecule has 0 saturated carbocycles. The highest BCUT2D eigenvalue weighted by Crippen LogP contribution is 2.33. The SMILES string of the molecule is CCCCCCCCCCCCCCOC(=O)C(CCC)NC(=O)Nc1ccc(-c2nn3nc(C(C)(C)C)c(Cl)c3[nH]2)c(CC)c1. The van der Waals surface area contributed by atoms with Gasteiger partial charge in [-0.3, -0.25) is 0 Å². The van der Waals surface area contributed by atoms with Crippen LogP contribution in [0, 0.1) is 0 Å². The number of carbonyl (C=O) groups is 2. The van der Waals surface area contributed by atoms with E-state index in [1.165, 1.54) is 64.2 Å². The molecule has 0 spiro atoms. The summed E-state index contributed by atoms with van der Waals surface area (Å²) >= 11 is 6.62. The lowest BCUT2D eigenvalue weighted by Crippen LogP contribution is -2.43. The van der Waals surface area contributed by atoms with Crippen LogP contribution in [-0.2, 0) is 21.4 Å². The van der Waals surface area contributed by atoms with Crippen LogP contribution in [0.1, 0.15) is 143 Å². The van der Waals surface area contributed by atoms with E-state index in [1.807, 2.05) is 32.0 Å². The Balaban J connectivity index is 1.45. The summed E-state index contributed by atoms with van der Waals surface area (Å²) in [4.78, 5) is 29.0. The molecule has 0 saturated heterocycles. The fourth-order valence-electron chi connectivity index (χ4n) is 5.67. The van der Waals surface area contributed by atoms with Crippen molar-refractivity contribution in [1.29, 1.82) is 0 Å². The molecule has 9 nitrogen and oxygen atoms in total. The normalized spacial score (nSPS) is 12.4. The maximum atomic E-state index is 12.9. The molecule has 2 amide bonds. The number of aryl methyl sites for hydroxylation is 1. The fraction of sp³-hybridized carbons (Fsp3) is 0.667. The lowest BCUT2D eigenvalue weighted by molar-refractivity contribution is -0.146. The molecule has 46 heavy (non-hydrogen) atoms. The monoisotopic (exact) mass is 656 g/mol. The number of anilines is 1. The minimum atomic E-state index is -0.686. The Morgan fingerprint density at radius 1 is 0.913 bits per heavy atom. The molecule has 0 aliphatic carbocycles. The van der Waals surface area contributed by atoms with E-state index in [-0.39, 0.29) is 11.4 Å². The zero-order valence-electron chi connectivity index (χ0n) is 29.1. The van der Waals surface area contributed by atoms with Crippen molar-refractivity contribution in [2.45, 2.75) is 149 Å². The number of halogens is 1. The maximum Gasteiger partial charge on any atom is 0.328 e. The number of nitrogens with zero attached hydrogens (tertiary/aromatic N) is 3. The molecule has 1 unspecified atom stereocenters. The molecule has 3 N–H and O–H groups in total. The van der Waals surface area contributed by atoms with Crippen LogP contribution in [0.15, 0.2) is 18.2 Å². The van der Waals surface area contributed by atoms with E-state index in [9.17, 15) is 9.59 Å². The summed E-state index contributed by atoms with van der Waals surface area (Å²) in [5, 5.41) is 15.5. The maximum absolute atomic E-state index is 12.9. The van der Waals surface area contributed by atoms with Crippen LogP contribution in [0.5, 0.6) is 0 Å². The molecule has 256 valence electrons. The molecule has 2 aromatic heterocycles. The first kappa shape index (κ1) is 37.4. The number of urea groups is 1. The van der Waals surface area contributed by atoms with Crippen molar-refractivity contribution < 1.29 is 14.3 Å². The summed E-state index contributed by atoms with van der Waals surface area (Å²) in [6.45, 7) is 12.9. The Labute approximate surface area is 281 Å². The zero-order valence-corrected chi connectivity index (χ0v) is 29.8. The number of hydrogen-bond donors (Lipinski definition) is 3. The number of unbranched alkanes of at least 4 members (excludes halogenated alkanes) is 11. The second kappa shape index (κ2) is 18.9. The quantitative estimate of drug-likeness (QED) is 0.0827. The number of esters is 1. The second-order valence-corrected chi connectivity index (χ2v) is 13.8. The van der Waals surface area contributed by atoms with Crippen LogP contribution in [0.25, 0.3) is 17.0 Å². The number of amides is 2. The highest BCUT2D eigenvalue weighted by Gasteiger charge is 2.26. The third kappa shape index (κ3) is 11.3. The van der Waals surface area contributed by atoms with Gasteiger partial charge >= 0.3 is 12.0 Å². The predicted molar refractivity (Wildman–Crippen MR) is 189 cm³/mol. The van der Waals surface area contributed by atoms with Gasteiger partial charge < -0.3 is 20.4 Å². The van der Waals surface area contributed by atoms with E-state index in [0.29, 0.717) is 35.2 Å². The Morgan fingerprint density at radius 3 is 2.11 bits per heavy atom. The van der Waals surface area contributed by atoms with Gasteiger partial charge in [-0.2, -0.15) is 5.10 Å². The Kier molecular flexibility index (Phi) is 15.4. The first-order chi connectivity index (χ1) is 22.1. The number of H-pyrrole nitrogens is 1. The summed E-state index contributed by atoms with van der Waals surface area (Å²) in [5.41, 5.74) is 3.76. The molecular weight excluding hydrogens is 600 g/mol. The fourth-order valence-corrected chi connectivity index (χ4v) is 6.12. The van der Waals surface area contributed by atoms with Crippen LogP contribution >= 0.6 is 11.6 Å². The molecule has 1 aromatic carbocycles. The van der Waals surface area contributed by atoms with E-state index in [4.69, 9.17) is 16.3 Å². The van der Waals surface area contributed by atoms with Crippen molar-refractivity contribution in [2.75, 3.05) is 11.9 Å². The number of carbonyl (C=O) groups excluding carboxylic acids is 2. The minimum absolute atomic E-state index is 0.201. The average Bonchev–Trinajstić information content (AvgIpc) is 3.58. The molecule has 10 heteroatoms. The highest BCUT2D eigenvalue weighted by molar-refractivity contribution is 6.34. The molecular formula is C36H57ClN6O3. The third-order valence-corrected chi connectivity index (χ3v) is 8.72. The van der Waals surface area contributed by atoms with Gasteiger partial charge in [0, 0.05) is 16.7 Å². The van der Waals surface area contributed by atoms with Crippen molar-refractivity contribution in [3.05, 3.63) is 34.5 Å². The topological polar surface area (TPSA) is 113 Å². The van der Waals surface area contributed by atoms with Gasteiger partial charge in [-0.15, -0.1) is 9.73 Å². The van der Waals surface area contributed by atoms with Gasteiger partial charge in [0.2, 0.25) is 0 Å². The van der Waals surface area contributed by atoms with Gasteiger partial charge in [-0.1, -0.05) is 130 Å². The standard InChI is InChI=1S/C36H57ClN6O3/c1-7-10-11-12-13-14-15-16-17-18-19-20-24-46-34(44)29(21-8-2)39-35(45)38-27-22-23-28(26(9-3)25-27)32-40-33-30(37)31(36(4,5)6)41-43(33)42-32/h22-23,25,29H,7-21,24H2,1-6H3,(H,40,42)(H2,38,39,45). The van der Waals surface area contributed by atoms with Gasteiger partial charge in [0.25, 0.3) is 0 Å². The number of aromatic amines is 1. The Bertz CT molecular complexity index is 1380. The van der Waals surface area contributed by atoms with Gasteiger partial charge in [0.05, 0.1) is 12.3 Å². The van der Waals surface area contributed by atoms with Crippen molar-refractivity contribution >= 4 is 34.9 Å². The predicted octanol–water partition coefficient (Wildman–Crippen LogP) is 9.77. The smallest absolute Gasteiger partial charge is 0.328 e. The van der Waals surface area contributed by atoms with Crippen LogP contribution < -0.4 is 10.6 Å². The lowest BCUT2D eigenvalue weighted by atomic mass is 9.92. The summed E-state index contributed by atoms with van der Waals surface area (Å²) in [6.07, 6.45) is 17.1. The van der Waals surface area contributed by atoms with Crippen LogP contribution in [-0.4, -0.2) is 44.5 Å². The molecule has 0 aliphatic heterocycles. The van der Waals surface area contributed by atoms with Crippen molar-refractivity contribution in [3.63, 3.8) is 0 Å². The van der Waals surface area contributed by atoms with Gasteiger partial charge in [0.15, 0.2) is 11.5 Å². The minimum Gasteiger partial charge on any atom is -0.464 e. The number of hydrogen-bond acceptors (Lipinski definition) is 5. The average molecular weight is 657 g/mol. The van der Waals surface area contributed by atoms with Crippen LogP contribution in [0.3, 0.4) is 0 Å². The van der Waals surface area contributed by atoms with Crippen molar-refractivity contribution in [1.82, 2.24) is 25.1 Å². The van der Waals surface area contributed by atoms with E-state index < -0.39 is 12.1 Å². The number of aromatic nitrogens is 4. The molecule has 3 aromatic rings. The number of fused-ring (bicyclic) bond motifs is 1. The summed E-state index contributed by atoms with van der Waals surface area (Å²) in [5.74, 6) is 0.275. The van der Waals surface area contributed by atoms with E-state index in [0.717, 1.165) is 42.5 Å². The molecule has 1 atom stereocenters. The first-order valence-corrected chi connectivity index (χ1v) is 18.0. The number of ether oxygens (including phenoxy) is 1. The first-order valence-electron chi connectivity index (χ1n) is 17.6. The Morgan fingerprint density at radius 2 is 1.54 bits per heavy atom. The molecule has 0 bridgehead atoms. The van der Waals surface area contributed by atoms with Gasteiger partial charge in [-0.05, 0) is 43.0 Å². The highest BCUT2D eigenvalue weighted by atomic mass is 35.5. The van der Waals surface area contributed by atoms with E-state index >= 15 is 0 Å². The summed E-state index contributed by atoms with van der Waals surface area (Å²) in [6, 6.07) is 4.53. The van der Waals surface area contributed by atoms with Gasteiger partial charge in [0.1, 0.15) is 11.1 Å². The molecule has 0 radical (unpaired) electrons. The number of rotatable bonds is 20. The van der Waals surface area contributed by atoms with Crippen LogP contribution in [0.2, 0.25) is 5.02 Å². The van der Waals surface area contributed by atoms with E-state index in [1.54, 1.807) is 4.63 Å². The van der Waals surface area contributed by atoms with Crippen LogP contribution in [0.4, 0.5) is 10.5 Å². The molecule has 0 aliphatic rings. The second-order valence-electron chi connectivity index (χ2n) is 13.4. The lowest BCUT2D eigenvalue weighted by Gasteiger charge is -2.18. The third-order valence-electron chi connectivity index (χ3n) is 8.36. The number of benzene rings is 1. The van der Waals surface area contributed by atoms with Gasteiger partial charge in [-0.25, -0.2) is 9.59 Å². The zero-order chi connectivity index (χ0) is 33.5. The summed E-state index contributed by atoms with van der Waals surface area (Å²) in [7, 11) is 0. The summed E-state index contributed by atoms with van der Waals surface area (Å²) < 4.78 is 7.09. The van der Waals surface area contributed by atoms with E-state index in [2.05, 4.69) is 53.5 Å². The molecule has 3 rings (SSSR count). The van der Waals surface area contributed by atoms with Crippen molar-refractivity contribution in [3.8, 4) is 11.4 Å². The Hall–Kier alpha value is -3.07. The largest absolute Gasteiger partial charge is 0.464 e. The molecule has 2 heterocycles. The molecule has 0 fully saturated rings.